The summed E-state index contributed by atoms with van der Waals surface area (Å²) in [6.07, 6.45) is 1.73. The fourth-order valence-electron chi connectivity index (χ4n) is 2.50. The first kappa shape index (κ1) is 18.6. The first-order chi connectivity index (χ1) is 12.3. The highest BCUT2D eigenvalue weighted by Crippen LogP contribution is 2.29. The van der Waals surface area contributed by atoms with Crippen LogP contribution in [-0.4, -0.2) is 50.1 Å². The Labute approximate surface area is 155 Å². The van der Waals surface area contributed by atoms with Crippen molar-refractivity contribution in [1.29, 1.82) is 0 Å². The summed E-state index contributed by atoms with van der Waals surface area (Å²) in [5.74, 6) is 0.839. The Balaban J connectivity index is 1.58. The highest BCUT2D eigenvalue weighted by Gasteiger charge is 2.26. The maximum absolute atomic E-state index is 12.1. The third kappa shape index (κ3) is 4.51. The number of ether oxygens (including phenoxy) is 2. The van der Waals surface area contributed by atoms with E-state index in [1.165, 1.54) is 21.9 Å². The second-order valence-electron chi connectivity index (χ2n) is 5.75. The van der Waals surface area contributed by atoms with Crippen molar-refractivity contribution in [2.24, 2.45) is 0 Å². The van der Waals surface area contributed by atoms with Crippen LogP contribution < -0.4 is 14.8 Å². The van der Waals surface area contributed by atoms with Gasteiger partial charge in [0.2, 0.25) is 10.0 Å². The van der Waals surface area contributed by atoms with Crippen molar-refractivity contribution >= 4 is 32.4 Å². The first-order valence-corrected chi connectivity index (χ1v) is 10.5. The molecule has 1 aliphatic rings. The Hall–Kier alpha value is -2.17. The smallest absolute Gasteiger partial charge is 0.264 e. The molecule has 0 atom stereocenters. The maximum atomic E-state index is 12.1. The van der Waals surface area contributed by atoms with Gasteiger partial charge >= 0.3 is 0 Å². The van der Waals surface area contributed by atoms with Crippen molar-refractivity contribution in [2.45, 2.75) is 13.0 Å². The summed E-state index contributed by atoms with van der Waals surface area (Å²) in [7, 11) is -1.68. The summed E-state index contributed by atoms with van der Waals surface area (Å²) < 4.78 is 35.3. The second-order valence-corrected chi connectivity index (χ2v) is 8.82. The number of carbonyl (C=O) groups excluding carboxylic acids is 1. The Kier molecular flexibility index (Phi) is 5.44. The number of rotatable bonds is 6. The molecule has 1 N–H and O–H groups in total. The Morgan fingerprint density at radius 3 is 2.88 bits per heavy atom. The molecule has 1 aromatic heterocycles. The number of sulfonamides is 1. The van der Waals surface area contributed by atoms with E-state index in [1.807, 2.05) is 0 Å². The molecule has 2 heterocycles. The van der Waals surface area contributed by atoms with E-state index in [1.54, 1.807) is 31.4 Å². The van der Waals surface area contributed by atoms with Crippen LogP contribution in [-0.2, 0) is 27.8 Å². The third-order valence-electron chi connectivity index (χ3n) is 3.82. The SMILES string of the molecule is COc1cccc(OCC(=O)Nc2nc3c(s2)CN(S(C)(=O)=O)CC3)c1. The minimum Gasteiger partial charge on any atom is -0.497 e. The second kappa shape index (κ2) is 7.60. The number of anilines is 1. The molecule has 0 saturated heterocycles. The number of hydrogen-bond acceptors (Lipinski definition) is 7. The zero-order valence-corrected chi connectivity index (χ0v) is 16.0. The van der Waals surface area contributed by atoms with E-state index in [2.05, 4.69) is 10.3 Å². The predicted octanol–water partition coefficient (Wildman–Crippen LogP) is 1.49. The quantitative estimate of drug-likeness (QED) is 0.793. The topological polar surface area (TPSA) is 97.8 Å². The average molecular weight is 397 g/mol. The molecule has 140 valence electrons. The van der Waals surface area contributed by atoms with E-state index in [9.17, 15) is 13.2 Å². The van der Waals surface area contributed by atoms with Gasteiger partial charge in [-0.05, 0) is 12.1 Å². The van der Waals surface area contributed by atoms with E-state index in [-0.39, 0.29) is 12.5 Å². The number of hydrogen-bond donors (Lipinski definition) is 1. The summed E-state index contributed by atoms with van der Waals surface area (Å²) in [5, 5.41) is 3.14. The summed E-state index contributed by atoms with van der Waals surface area (Å²) in [6, 6.07) is 6.98. The van der Waals surface area contributed by atoms with E-state index < -0.39 is 10.0 Å². The fraction of sp³-hybridized carbons (Fsp3) is 0.375. The molecule has 26 heavy (non-hydrogen) atoms. The van der Waals surface area contributed by atoms with E-state index in [0.717, 1.165) is 10.6 Å². The van der Waals surface area contributed by atoms with Gasteiger partial charge < -0.3 is 9.47 Å². The molecule has 0 radical (unpaired) electrons. The van der Waals surface area contributed by atoms with Gasteiger partial charge in [-0.2, -0.15) is 4.31 Å². The van der Waals surface area contributed by atoms with Crippen molar-refractivity contribution in [3.05, 3.63) is 34.8 Å². The van der Waals surface area contributed by atoms with Gasteiger partial charge in [0, 0.05) is 30.5 Å². The normalized spacial score (nSPS) is 14.5. The molecule has 2 aromatic rings. The monoisotopic (exact) mass is 397 g/mol. The van der Waals surface area contributed by atoms with Gasteiger partial charge in [0.05, 0.1) is 19.1 Å². The zero-order chi connectivity index (χ0) is 18.7. The number of aromatic nitrogens is 1. The van der Waals surface area contributed by atoms with Crippen molar-refractivity contribution in [3.63, 3.8) is 0 Å². The molecule has 3 rings (SSSR count). The van der Waals surface area contributed by atoms with Crippen LogP contribution in [0.1, 0.15) is 10.6 Å². The number of carbonyl (C=O) groups is 1. The minimum absolute atomic E-state index is 0.160. The zero-order valence-electron chi connectivity index (χ0n) is 14.4. The molecule has 0 bridgehead atoms. The number of nitrogens with one attached hydrogen (secondary N) is 1. The maximum Gasteiger partial charge on any atom is 0.264 e. The molecule has 0 aliphatic carbocycles. The van der Waals surface area contributed by atoms with Crippen LogP contribution >= 0.6 is 11.3 Å². The summed E-state index contributed by atoms with van der Waals surface area (Å²) >= 11 is 1.29. The molecule has 0 fully saturated rings. The summed E-state index contributed by atoms with van der Waals surface area (Å²) in [5.41, 5.74) is 0.832. The van der Waals surface area contributed by atoms with Crippen LogP contribution in [0.4, 0.5) is 5.13 Å². The number of benzene rings is 1. The van der Waals surface area contributed by atoms with Crippen molar-refractivity contribution in [1.82, 2.24) is 9.29 Å². The van der Waals surface area contributed by atoms with Crippen LogP contribution in [0.3, 0.4) is 0 Å². The standard InChI is InChI=1S/C16H19N3O5S2/c1-23-11-4-3-5-12(8-11)24-10-15(20)18-16-17-13-6-7-19(26(2,21)22)9-14(13)25-16/h3-5,8H,6-7,9-10H2,1-2H3,(H,17,18,20). The van der Waals surface area contributed by atoms with Crippen LogP contribution in [0.15, 0.2) is 24.3 Å². The number of methoxy groups -OCH3 is 1. The van der Waals surface area contributed by atoms with Gasteiger partial charge in [0.1, 0.15) is 11.5 Å². The van der Waals surface area contributed by atoms with E-state index >= 15 is 0 Å². The van der Waals surface area contributed by atoms with Crippen LogP contribution in [0.5, 0.6) is 11.5 Å². The number of nitrogens with zero attached hydrogens (tertiary/aromatic N) is 2. The van der Waals surface area contributed by atoms with Gasteiger partial charge in [0.25, 0.3) is 5.91 Å². The largest absolute Gasteiger partial charge is 0.497 e. The molecule has 10 heteroatoms. The van der Waals surface area contributed by atoms with Crippen LogP contribution in [0, 0.1) is 0 Å². The summed E-state index contributed by atoms with van der Waals surface area (Å²) in [4.78, 5) is 17.3. The average Bonchev–Trinajstić information content (AvgIpc) is 3.00. The molecule has 8 nitrogen and oxygen atoms in total. The predicted molar refractivity (Wildman–Crippen MR) is 98.2 cm³/mol. The molecule has 1 aromatic carbocycles. The first-order valence-electron chi connectivity index (χ1n) is 7.85. The molecule has 0 saturated carbocycles. The van der Waals surface area contributed by atoms with Gasteiger partial charge in [-0.15, -0.1) is 11.3 Å². The molecule has 1 amide bonds. The lowest BCUT2D eigenvalue weighted by atomic mass is 10.2. The number of amides is 1. The van der Waals surface area contributed by atoms with Gasteiger partial charge in [-0.25, -0.2) is 13.4 Å². The highest BCUT2D eigenvalue weighted by atomic mass is 32.2. The van der Waals surface area contributed by atoms with Gasteiger partial charge in [-0.3, -0.25) is 10.1 Å². The van der Waals surface area contributed by atoms with Crippen LogP contribution in [0.25, 0.3) is 0 Å². The fourth-order valence-corrected chi connectivity index (χ4v) is 4.41. The lowest BCUT2D eigenvalue weighted by Gasteiger charge is -2.23. The Morgan fingerprint density at radius 1 is 1.38 bits per heavy atom. The van der Waals surface area contributed by atoms with Crippen LogP contribution in [0.2, 0.25) is 0 Å². The molecule has 0 unspecified atom stereocenters. The molecule has 0 spiro atoms. The molecule has 1 aliphatic heterocycles. The minimum atomic E-state index is -3.23. The van der Waals surface area contributed by atoms with E-state index in [0.29, 0.717) is 36.1 Å². The number of thiazole rings is 1. The third-order valence-corrected chi connectivity index (χ3v) is 6.07. The van der Waals surface area contributed by atoms with Gasteiger partial charge in [-0.1, -0.05) is 6.07 Å². The van der Waals surface area contributed by atoms with Crippen molar-refractivity contribution in [3.8, 4) is 11.5 Å². The lowest BCUT2D eigenvalue weighted by Crippen LogP contribution is -2.34. The Morgan fingerprint density at radius 2 is 2.15 bits per heavy atom. The van der Waals surface area contributed by atoms with Crippen molar-refractivity contribution in [2.75, 3.05) is 31.8 Å². The lowest BCUT2D eigenvalue weighted by molar-refractivity contribution is -0.118. The summed E-state index contributed by atoms with van der Waals surface area (Å²) in [6.45, 7) is 0.538. The Bertz CT molecular complexity index is 910. The molecular formula is C16H19N3O5S2. The van der Waals surface area contributed by atoms with E-state index in [4.69, 9.17) is 9.47 Å². The van der Waals surface area contributed by atoms with Gasteiger partial charge in [0.15, 0.2) is 11.7 Å². The molecular weight excluding hydrogens is 378 g/mol. The number of fused-ring (bicyclic) bond motifs is 1. The van der Waals surface area contributed by atoms with Crippen molar-refractivity contribution < 1.29 is 22.7 Å². The highest BCUT2D eigenvalue weighted by molar-refractivity contribution is 7.88.